The van der Waals surface area contributed by atoms with Crippen LogP contribution in [0.25, 0.3) is 0 Å². The Balaban J connectivity index is 1.38. The van der Waals surface area contributed by atoms with Crippen LogP contribution in [0, 0.1) is 0 Å². The number of benzene rings is 3. The van der Waals surface area contributed by atoms with Crippen LogP contribution in [0.15, 0.2) is 72.8 Å². The lowest BCUT2D eigenvalue weighted by Crippen LogP contribution is -2.37. The minimum absolute atomic E-state index is 0.332. The Labute approximate surface area is 218 Å². The molecule has 0 spiro atoms. The summed E-state index contributed by atoms with van der Waals surface area (Å²) in [7, 11) is 2.93. The van der Waals surface area contributed by atoms with Crippen LogP contribution in [-0.2, 0) is 9.59 Å². The predicted molar refractivity (Wildman–Crippen MR) is 138 cm³/mol. The number of nitrogens with one attached hydrogen (secondary N) is 4. The van der Waals surface area contributed by atoms with Crippen LogP contribution in [0.5, 0.6) is 23.0 Å². The summed E-state index contributed by atoms with van der Waals surface area (Å²) < 4.78 is 21.0. The number of para-hydroxylation sites is 4. The normalized spacial score (nSPS) is 9.95. The SMILES string of the molecule is COc1ccccc1NC(=O)NC(=O)COc1ccc(OCC(=O)NC(=O)Nc2ccccc2OC)cc1. The van der Waals surface area contributed by atoms with E-state index in [4.69, 9.17) is 18.9 Å². The molecule has 0 saturated heterocycles. The minimum Gasteiger partial charge on any atom is -0.495 e. The standard InChI is InChI=1S/C26H26N4O8/c1-35-21-9-5-3-7-19(21)27-25(33)29-23(31)15-37-17-11-13-18(14-12-17)38-16-24(32)30-26(34)28-20-8-4-6-10-22(20)36-2/h3-14H,15-16H2,1-2H3,(H2,27,29,31,33)(H2,28,30,32,34). The largest absolute Gasteiger partial charge is 0.495 e. The van der Waals surface area contributed by atoms with Gasteiger partial charge in [0.2, 0.25) is 0 Å². The Kier molecular flexibility index (Phi) is 9.87. The van der Waals surface area contributed by atoms with Gasteiger partial charge in [-0.2, -0.15) is 0 Å². The zero-order valence-electron chi connectivity index (χ0n) is 20.6. The zero-order valence-corrected chi connectivity index (χ0v) is 20.6. The molecular formula is C26H26N4O8. The van der Waals surface area contributed by atoms with Gasteiger partial charge >= 0.3 is 12.1 Å². The average molecular weight is 523 g/mol. The fourth-order valence-electron chi connectivity index (χ4n) is 3.06. The fraction of sp³-hybridized carbons (Fsp3) is 0.154. The van der Waals surface area contributed by atoms with Gasteiger partial charge in [-0.3, -0.25) is 20.2 Å². The van der Waals surface area contributed by atoms with E-state index < -0.39 is 37.1 Å². The van der Waals surface area contributed by atoms with E-state index in [1.807, 2.05) is 0 Å². The van der Waals surface area contributed by atoms with E-state index in [1.54, 1.807) is 48.5 Å². The molecule has 0 bridgehead atoms. The van der Waals surface area contributed by atoms with Crippen LogP contribution in [0.2, 0.25) is 0 Å². The van der Waals surface area contributed by atoms with Crippen LogP contribution >= 0.6 is 0 Å². The topological polar surface area (TPSA) is 153 Å². The monoisotopic (exact) mass is 522 g/mol. The average Bonchev–Trinajstić information content (AvgIpc) is 2.91. The van der Waals surface area contributed by atoms with Crippen molar-refractivity contribution in [2.75, 3.05) is 38.1 Å². The van der Waals surface area contributed by atoms with Gasteiger partial charge < -0.3 is 29.6 Å². The number of urea groups is 2. The molecule has 0 unspecified atom stereocenters. The van der Waals surface area contributed by atoms with E-state index >= 15 is 0 Å². The second kappa shape index (κ2) is 13.7. The number of amides is 6. The molecule has 0 radical (unpaired) electrons. The highest BCUT2D eigenvalue weighted by molar-refractivity contribution is 6.03. The number of anilines is 2. The van der Waals surface area contributed by atoms with Gasteiger partial charge in [-0.15, -0.1) is 0 Å². The number of methoxy groups -OCH3 is 2. The van der Waals surface area contributed by atoms with Gasteiger partial charge in [0.25, 0.3) is 11.8 Å². The molecule has 12 nitrogen and oxygen atoms in total. The number of imide groups is 2. The van der Waals surface area contributed by atoms with Gasteiger partial charge in [0.15, 0.2) is 13.2 Å². The van der Waals surface area contributed by atoms with Gasteiger partial charge in [0.1, 0.15) is 23.0 Å². The first-order chi connectivity index (χ1) is 18.4. The Bertz CT molecular complexity index is 1180. The van der Waals surface area contributed by atoms with Crippen LogP contribution in [0.1, 0.15) is 0 Å². The maximum atomic E-state index is 12.0. The van der Waals surface area contributed by atoms with Crippen molar-refractivity contribution < 1.29 is 38.1 Å². The second-order valence-corrected chi connectivity index (χ2v) is 7.45. The number of carbonyl (C=O) groups is 4. The molecule has 0 aliphatic rings. The summed E-state index contributed by atoms with van der Waals surface area (Å²) in [6.45, 7) is -0.827. The molecule has 0 heterocycles. The predicted octanol–water partition coefficient (Wildman–Crippen LogP) is 3.16. The lowest BCUT2D eigenvalue weighted by molar-refractivity contribution is -0.122. The van der Waals surface area contributed by atoms with Crippen LogP contribution in [0.4, 0.5) is 21.0 Å². The molecule has 0 atom stereocenters. The summed E-state index contributed by atoms with van der Waals surface area (Å²) >= 11 is 0. The maximum absolute atomic E-state index is 12.0. The molecule has 3 aromatic rings. The molecule has 0 aromatic heterocycles. The van der Waals surface area contributed by atoms with Crippen molar-refractivity contribution in [3.8, 4) is 23.0 Å². The first kappa shape index (κ1) is 27.3. The Hall–Kier alpha value is -5.26. The molecule has 4 N–H and O–H groups in total. The molecule has 198 valence electrons. The van der Waals surface area contributed by atoms with Crippen molar-refractivity contribution in [3.05, 3.63) is 72.8 Å². The number of hydrogen-bond acceptors (Lipinski definition) is 8. The first-order valence-corrected chi connectivity index (χ1v) is 11.2. The van der Waals surface area contributed by atoms with E-state index in [2.05, 4.69) is 21.3 Å². The third-order valence-corrected chi connectivity index (χ3v) is 4.78. The minimum atomic E-state index is -0.735. The quantitative estimate of drug-likeness (QED) is 0.317. The van der Waals surface area contributed by atoms with Crippen LogP contribution in [0.3, 0.4) is 0 Å². The molecule has 6 amide bonds. The molecule has 3 aromatic carbocycles. The number of hydrogen-bond donors (Lipinski definition) is 4. The van der Waals surface area contributed by atoms with Crippen molar-refractivity contribution in [1.29, 1.82) is 0 Å². The molecule has 38 heavy (non-hydrogen) atoms. The van der Waals surface area contributed by atoms with Crippen molar-refractivity contribution in [2.45, 2.75) is 0 Å². The van der Waals surface area contributed by atoms with Gasteiger partial charge in [0.05, 0.1) is 25.6 Å². The molecule has 0 fully saturated rings. The summed E-state index contributed by atoms with van der Waals surface area (Å²) in [4.78, 5) is 48.1. The number of rotatable bonds is 10. The van der Waals surface area contributed by atoms with E-state index in [0.29, 0.717) is 34.4 Å². The van der Waals surface area contributed by atoms with E-state index in [1.165, 1.54) is 38.5 Å². The van der Waals surface area contributed by atoms with Gasteiger partial charge in [-0.25, -0.2) is 9.59 Å². The summed E-state index contributed by atoms with van der Waals surface area (Å²) in [5, 5.41) is 9.34. The lowest BCUT2D eigenvalue weighted by atomic mass is 10.3. The van der Waals surface area contributed by atoms with E-state index in [-0.39, 0.29) is 0 Å². The Morgan fingerprint density at radius 1 is 0.579 bits per heavy atom. The summed E-state index contributed by atoms with van der Waals surface area (Å²) in [5.41, 5.74) is 0.810. The molecular weight excluding hydrogens is 496 g/mol. The number of carbonyl (C=O) groups excluding carboxylic acids is 4. The third kappa shape index (κ3) is 8.45. The van der Waals surface area contributed by atoms with Crippen molar-refractivity contribution in [2.24, 2.45) is 0 Å². The highest BCUT2D eigenvalue weighted by Gasteiger charge is 2.13. The summed E-state index contributed by atoms with van der Waals surface area (Å²) in [5.74, 6) is 0.225. The first-order valence-electron chi connectivity index (χ1n) is 11.2. The van der Waals surface area contributed by atoms with Crippen molar-refractivity contribution in [1.82, 2.24) is 10.6 Å². The summed E-state index contributed by atoms with van der Waals surface area (Å²) in [6, 6.07) is 18.1. The molecule has 3 rings (SSSR count). The second-order valence-electron chi connectivity index (χ2n) is 7.45. The van der Waals surface area contributed by atoms with Gasteiger partial charge in [-0.1, -0.05) is 24.3 Å². The van der Waals surface area contributed by atoms with Crippen LogP contribution < -0.4 is 40.2 Å². The smallest absolute Gasteiger partial charge is 0.326 e. The highest BCUT2D eigenvalue weighted by Crippen LogP contribution is 2.23. The van der Waals surface area contributed by atoms with E-state index in [0.717, 1.165) is 0 Å². The van der Waals surface area contributed by atoms with Crippen molar-refractivity contribution >= 4 is 35.3 Å². The number of ether oxygens (including phenoxy) is 4. The molecule has 0 aliphatic heterocycles. The molecule has 12 heteroatoms. The summed E-state index contributed by atoms with van der Waals surface area (Å²) in [6.07, 6.45) is 0. The zero-order chi connectivity index (χ0) is 27.3. The van der Waals surface area contributed by atoms with Gasteiger partial charge in [0, 0.05) is 0 Å². The Morgan fingerprint density at radius 2 is 0.947 bits per heavy atom. The lowest BCUT2D eigenvalue weighted by Gasteiger charge is -2.11. The Morgan fingerprint density at radius 3 is 1.32 bits per heavy atom. The van der Waals surface area contributed by atoms with Crippen LogP contribution in [-0.4, -0.2) is 51.3 Å². The molecule has 0 saturated carbocycles. The maximum Gasteiger partial charge on any atom is 0.326 e. The third-order valence-electron chi connectivity index (χ3n) is 4.78. The fourth-order valence-corrected chi connectivity index (χ4v) is 3.06. The molecule has 0 aliphatic carbocycles. The van der Waals surface area contributed by atoms with Crippen molar-refractivity contribution in [3.63, 3.8) is 0 Å². The van der Waals surface area contributed by atoms with Gasteiger partial charge in [-0.05, 0) is 48.5 Å². The van der Waals surface area contributed by atoms with E-state index in [9.17, 15) is 19.2 Å². The highest BCUT2D eigenvalue weighted by atomic mass is 16.5.